The number of pyridine rings is 1. The van der Waals surface area contributed by atoms with Crippen LogP contribution in [0, 0.1) is 12.3 Å². The van der Waals surface area contributed by atoms with Crippen molar-refractivity contribution in [3.8, 4) is 0 Å². The lowest BCUT2D eigenvalue weighted by molar-refractivity contribution is -0.152. The van der Waals surface area contributed by atoms with Gasteiger partial charge in [-0.3, -0.25) is 14.6 Å². The Hall–Kier alpha value is -1.91. The maximum Gasteiger partial charge on any atom is 0.309 e. The van der Waals surface area contributed by atoms with Gasteiger partial charge in [0.2, 0.25) is 0 Å². The molecule has 0 atom stereocenters. The van der Waals surface area contributed by atoms with Crippen molar-refractivity contribution < 1.29 is 14.7 Å². The van der Waals surface area contributed by atoms with E-state index in [1.54, 1.807) is 23.2 Å². The zero-order chi connectivity index (χ0) is 14.8. The second-order valence-electron chi connectivity index (χ2n) is 5.42. The summed E-state index contributed by atoms with van der Waals surface area (Å²) in [5, 5.41) is 9.36. The van der Waals surface area contributed by atoms with E-state index in [1.165, 1.54) is 0 Å². The summed E-state index contributed by atoms with van der Waals surface area (Å²) in [6.45, 7) is 4.75. The average molecular weight is 276 g/mol. The lowest BCUT2D eigenvalue weighted by Crippen LogP contribution is -2.46. The highest BCUT2D eigenvalue weighted by molar-refractivity contribution is 5.94. The van der Waals surface area contributed by atoms with E-state index < -0.39 is 11.4 Å². The molecule has 2 rings (SSSR count). The lowest BCUT2D eigenvalue weighted by Gasteiger charge is -2.38. The minimum atomic E-state index is -0.744. The second-order valence-corrected chi connectivity index (χ2v) is 5.42. The number of carboxylic acid groups (broad SMARTS) is 1. The number of aromatic nitrogens is 1. The Morgan fingerprint density at radius 2 is 2.05 bits per heavy atom. The van der Waals surface area contributed by atoms with E-state index in [-0.39, 0.29) is 5.91 Å². The summed E-state index contributed by atoms with van der Waals surface area (Å²) in [5.74, 6) is -0.780. The van der Waals surface area contributed by atoms with Gasteiger partial charge in [-0.15, -0.1) is 0 Å². The van der Waals surface area contributed by atoms with Crippen LogP contribution in [0.1, 0.15) is 42.2 Å². The molecule has 1 aromatic rings. The fourth-order valence-corrected chi connectivity index (χ4v) is 2.72. The molecular formula is C15H20N2O3. The first-order valence-electron chi connectivity index (χ1n) is 6.94. The summed E-state index contributed by atoms with van der Waals surface area (Å²) in [7, 11) is 0. The van der Waals surface area contributed by atoms with Gasteiger partial charge in [-0.25, -0.2) is 0 Å². The van der Waals surface area contributed by atoms with Gasteiger partial charge < -0.3 is 10.0 Å². The molecule has 1 fully saturated rings. The third-order valence-corrected chi connectivity index (χ3v) is 4.28. The molecule has 0 radical (unpaired) electrons. The fraction of sp³-hybridized carbons (Fsp3) is 0.533. The van der Waals surface area contributed by atoms with E-state index in [0.29, 0.717) is 37.9 Å². The Kier molecular flexibility index (Phi) is 4.06. The third kappa shape index (κ3) is 2.66. The van der Waals surface area contributed by atoms with E-state index >= 15 is 0 Å². The fourth-order valence-electron chi connectivity index (χ4n) is 2.72. The first-order valence-corrected chi connectivity index (χ1v) is 6.94. The number of aliphatic carboxylic acids is 1. The molecule has 0 aliphatic carbocycles. The molecule has 5 heteroatoms. The summed E-state index contributed by atoms with van der Waals surface area (Å²) in [6, 6.07) is 3.47. The van der Waals surface area contributed by atoms with Crippen LogP contribution in [0.15, 0.2) is 18.3 Å². The number of piperidine rings is 1. The van der Waals surface area contributed by atoms with E-state index in [1.807, 2.05) is 13.8 Å². The predicted molar refractivity (Wildman–Crippen MR) is 74.5 cm³/mol. The molecule has 0 unspecified atom stereocenters. The number of hydrogen-bond acceptors (Lipinski definition) is 3. The Balaban J connectivity index is 2.07. The number of carbonyl (C=O) groups is 2. The van der Waals surface area contributed by atoms with Gasteiger partial charge in [0.15, 0.2) is 0 Å². The Bertz CT molecular complexity index is 520. The molecule has 108 valence electrons. The molecule has 1 N–H and O–H groups in total. The van der Waals surface area contributed by atoms with E-state index in [4.69, 9.17) is 0 Å². The van der Waals surface area contributed by atoms with E-state index in [9.17, 15) is 14.7 Å². The normalized spacial score (nSPS) is 17.8. The molecule has 20 heavy (non-hydrogen) atoms. The van der Waals surface area contributed by atoms with E-state index in [2.05, 4.69) is 4.98 Å². The maximum absolute atomic E-state index is 12.4. The number of amides is 1. The zero-order valence-electron chi connectivity index (χ0n) is 11.9. The Labute approximate surface area is 118 Å². The van der Waals surface area contributed by atoms with Crippen LogP contribution in [-0.2, 0) is 4.79 Å². The number of carbonyl (C=O) groups excluding carboxylic acids is 1. The van der Waals surface area contributed by atoms with Gasteiger partial charge in [0.25, 0.3) is 5.91 Å². The van der Waals surface area contributed by atoms with Gasteiger partial charge in [-0.2, -0.15) is 0 Å². The molecule has 1 saturated heterocycles. The Morgan fingerprint density at radius 3 is 2.55 bits per heavy atom. The molecule has 1 aliphatic heterocycles. The number of aryl methyl sites for hydroxylation is 1. The highest BCUT2D eigenvalue weighted by Crippen LogP contribution is 2.35. The van der Waals surface area contributed by atoms with Crippen LogP contribution >= 0.6 is 0 Å². The van der Waals surface area contributed by atoms with Crippen LogP contribution in [0.3, 0.4) is 0 Å². The predicted octanol–water partition coefficient (Wildman–Crippen LogP) is 2.11. The van der Waals surface area contributed by atoms with Crippen molar-refractivity contribution in [3.05, 3.63) is 29.6 Å². The molecule has 0 saturated carbocycles. The smallest absolute Gasteiger partial charge is 0.309 e. The first-order chi connectivity index (χ1) is 9.48. The van der Waals surface area contributed by atoms with Crippen LogP contribution < -0.4 is 0 Å². The molecule has 2 heterocycles. The molecule has 0 spiro atoms. The number of nitrogens with zero attached hydrogens (tertiary/aromatic N) is 2. The maximum atomic E-state index is 12.4. The van der Waals surface area contributed by atoms with Gasteiger partial charge in [0.1, 0.15) is 0 Å². The van der Waals surface area contributed by atoms with Gasteiger partial charge in [-0.1, -0.05) is 6.92 Å². The highest BCUT2D eigenvalue weighted by atomic mass is 16.4. The summed E-state index contributed by atoms with van der Waals surface area (Å²) >= 11 is 0. The zero-order valence-corrected chi connectivity index (χ0v) is 11.9. The first kappa shape index (κ1) is 14.5. The van der Waals surface area contributed by atoms with Crippen molar-refractivity contribution in [1.29, 1.82) is 0 Å². The van der Waals surface area contributed by atoms with Crippen LogP contribution in [0.5, 0.6) is 0 Å². The second kappa shape index (κ2) is 5.61. The van der Waals surface area contributed by atoms with Crippen molar-refractivity contribution in [2.24, 2.45) is 5.41 Å². The van der Waals surface area contributed by atoms with Crippen LogP contribution in [0.25, 0.3) is 0 Å². The number of rotatable bonds is 3. The number of hydrogen-bond donors (Lipinski definition) is 1. The summed E-state index contributed by atoms with van der Waals surface area (Å²) < 4.78 is 0. The van der Waals surface area contributed by atoms with Crippen LogP contribution in [0.4, 0.5) is 0 Å². The van der Waals surface area contributed by atoms with Gasteiger partial charge in [-0.05, 0) is 38.3 Å². The number of carboxylic acids is 1. The molecule has 0 bridgehead atoms. The SMILES string of the molecule is CCC1(C(=O)O)CCN(C(=O)c2ccnc(C)c2)CC1. The largest absolute Gasteiger partial charge is 0.481 e. The molecule has 1 aromatic heterocycles. The standard InChI is InChI=1S/C15H20N2O3/c1-3-15(14(19)20)5-8-17(9-6-15)13(18)12-4-7-16-11(2)10-12/h4,7,10H,3,5-6,8-9H2,1-2H3,(H,19,20). The average Bonchev–Trinajstić information content (AvgIpc) is 2.46. The topological polar surface area (TPSA) is 70.5 Å². The summed E-state index contributed by atoms with van der Waals surface area (Å²) in [5.41, 5.74) is 0.767. The molecule has 1 amide bonds. The molecule has 5 nitrogen and oxygen atoms in total. The molecule has 0 aromatic carbocycles. The van der Waals surface area contributed by atoms with Gasteiger partial charge >= 0.3 is 5.97 Å². The molecular weight excluding hydrogens is 256 g/mol. The third-order valence-electron chi connectivity index (χ3n) is 4.28. The highest BCUT2D eigenvalue weighted by Gasteiger charge is 2.40. The number of likely N-dealkylation sites (tertiary alicyclic amines) is 1. The summed E-state index contributed by atoms with van der Waals surface area (Å²) in [4.78, 5) is 29.6. The van der Waals surface area contributed by atoms with Crippen molar-refractivity contribution in [2.45, 2.75) is 33.1 Å². The minimum Gasteiger partial charge on any atom is -0.481 e. The van der Waals surface area contributed by atoms with Crippen LogP contribution in [0.2, 0.25) is 0 Å². The van der Waals surface area contributed by atoms with E-state index in [0.717, 1.165) is 5.69 Å². The monoisotopic (exact) mass is 276 g/mol. The lowest BCUT2D eigenvalue weighted by atomic mass is 9.76. The Morgan fingerprint density at radius 1 is 1.40 bits per heavy atom. The van der Waals surface area contributed by atoms with Crippen molar-refractivity contribution >= 4 is 11.9 Å². The van der Waals surface area contributed by atoms with Gasteiger partial charge in [0.05, 0.1) is 5.41 Å². The van der Waals surface area contributed by atoms with Crippen molar-refractivity contribution in [3.63, 3.8) is 0 Å². The molecule has 1 aliphatic rings. The van der Waals surface area contributed by atoms with Gasteiger partial charge in [0, 0.05) is 30.5 Å². The van der Waals surface area contributed by atoms with Crippen LogP contribution in [-0.4, -0.2) is 40.0 Å². The minimum absolute atomic E-state index is 0.0365. The summed E-state index contributed by atoms with van der Waals surface area (Å²) in [6.07, 6.45) is 3.28. The van der Waals surface area contributed by atoms with Crippen molar-refractivity contribution in [2.75, 3.05) is 13.1 Å². The quantitative estimate of drug-likeness (QED) is 0.918. The van der Waals surface area contributed by atoms with Crippen molar-refractivity contribution in [1.82, 2.24) is 9.88 Å².